The fourth-order valence-corrected chi connectivity index (χ4v) is 2.24. The maximum Gasteiger partial charge on any atom is 0.257 e. The molecule has 0 heterocycles. The molecule has 0 aromatic heterocycles. The second kappa shape index (κ2) is 7.39. The van der Waals surface area contributed by atoms with Gasteiger partial charge in [-0.05, 0) is 31.0 Å². The number of carbonyl (C=O) groups is 1. The summed E-state index contributed by atoms with van der Waals surface area (Å²) >= 11 is 5.89. The number of hydrogen-bond acceptors (Lipinski definition) is 2. The van der Waals surface area contributed by atoms with Crippen LogP contribution in [0.25, 0.3) is 0 Å². The number of phenols is 1. The zero-order chi connectivity index (χ0) is 14.4. The fraction of sp³-hybridized carbons (Fsp3) is 0.533. The van der Waals surface area contributed by atoms with Gasteiger partial charge in [-0.3, -0.25) is 4.79 Å². The quantitative estimate of drug-likeness (QED) is 0.859. The van der Waals surface area contributed by atoms with Gasteiger partial charge in [-0.25, -0.2) is 0 Å². The SMILES string of the molecule is CCC(CC)CN(CC)C(=O)c1cc(Cl)ccc1O. The van der Waals surface area contributed by atoms with Crippen molar-refractivity contribution in [1.29, 1.82) is 0 Å². The van der Waals surface area contributed by atoms with Crippen LogP contribution < -0.4 is 0 Å². The van der Waals surface area contributed by atoms with Crippen molar-refractivity contribution < 1.29 is 9.90 Å². The summed E-state index contributed by atoms with van der Waals surface area (Å²) in [5, 5.41) is 10.3. The van der Waals surface area contributed by atoms with E-state index in [1.54, 1.807) is 11.0 Å². The Hall–Kier alpha value is -1.22. The van der Waals surface area contributed by atoms with Crippen molar-refractivity contribution in [2.45, 2.75) is 33.6 Å². The number of amides is 1. The van der Waals surface area contributed by atoms with E-state index in [1.165, 1.54) is 12.1 Å². The average molecular weight is 284 g/mol. The van der Waals surface area contributed by atoms with Crippen LogP contribution in [0, 0.1) is 5.92 Å². The Kier molecular flexibility index (Phi) is 6.16. The molecule has 0 fully saturated rings. The summed E-state index contributed by atoms with van der Waals surface area (Å²) in [5.41, 5.74) is 0.278. The number of phenolic OH excluding ortho intramolecular Hbond substituents is 1. The van der Waals surface area contributed by atoms with Crippen molar-refractivity contribution in [2.24, 2.45) is 5.92 Å². The summed E-state index contributed by atoms with van der Waals surface area (Å²) in [4.78, 5) is 14.2. The first kappa shape index (κ1) is 15.8. The van der Waals surface area contributed by atoms with Crippen LogP contribution in [0.5, 0.6) is 5.75 Å². The van der Waals surface area contributed by atoms with Gasteiger partial charge in [-0.2, -0.15) is 0 Å². The monoisotopic (exact) mass is 283 g/mol. The van der Waals surface area contributed by atoms with E-state index in [-0.39, 0.29) is 17.2 Å². The highest BCUT2D eigenvalue weighted by Crippen LogP contribution is 2.23. The van der Waals surface area contributed by atoms with Crippen molar-refractivity contribution in [1.82, 2.24) is 4.90 Å². The molecule has 1 aromatic carbocycles. The van der Waals surface area contributed by atoms with Crippen molar-refractivity contribution in [2.75, 3.05) is 13.1 Å². The van der Waals surface area contributed by atoms with Crippen LogP contribution >= 0.6 is 11.6 Å². The van der Waals surface area contributed by atoms with Crippen LogP contribution in [0.1, 0.15) is 44.0 Å². The standard InChI is InChI=1S/C15H22ClNO2/c1-4-11(5-2)10-17(6-3)15(19)13-9-12(16)7-8-14(13)18/h7-9,11,18H,4-6,10H2,1-3H3. The number of halogens is 1. The number of rotatable bonds is 6. The molecule has 0 atom stereocenters. The fourth-order valence-electron chi connectivity index (χ4n) is 2.06. The molecule has 3 nitrogen and oxygen atoms in total. The normalized spacial score (nSPS) is 10.8. The number of aromatic hydroxyl groups is 1. The molecule has 0 saturated carbocycles. The Balaban J connectivity index is 2.92. The van der Waals surface area contributed by atoms with E-state index in [0.29, 0.717) is 24.0 Å². The predicted molar refractivity (Wildman–Crippen MR) is 78.8 cm³/mol. The van der Waals surface area contributed by atoms with Gasteiger partial charge in [-0.15, -0.1) is 0 Å². The summed E-state index contributed by atoms with van der Waals surface area (Å²) in [6, 6.07) is 4.56. The molecule has 19 heavy (non-hydrogen) atoms. The molecule has 0 aliphatic carbocycles. The van der Waals surface area contributed by atoms with E-state index in [0.717, 1.165) is 12.8 Å². The number of benzene rings is 1. The Morgan fingerprint density at radius 3 is 2.47 bits per heavy atom. The third-order valence-corrected chi connectivity index (χ3v) is 3.73. The van der Waals surface area contributed by atoms with Crippen molar-refractivity contribution >= 4 is 17.5 Å². The molecule has 1 N–H and O–H groups in total. The maximum absolute atomic E-state index is 12.4. The van der Waals surface area contributed by atoms with Gasteiger partial charge >= 0.3 is 0 Å². The molecule has 1 rings (SSSR count). The zero-order valence-electron chi connectivity index (χ0n) is 11.8. The molecule has 0 unspecified atom stereocenters. The first-order chi connectivity index (χ1) is 9.03. The van der Waals surface area contributed by atoms with Gasteiger partial charge in [0, 0.05) is 18.1 Å². The Morgan fingerprint density at radius 2 is 1.95 bits per heavy atom. The summed E-state index contributed by atoms with van der Waals surface area (Å²) in [6.45, 7) is 7.55. The molecular weight excluding hydrogens is 262 g/mol. The van der Waals surface area contributed by atoms with E-state index in [9.17, 15) is 9.90 Å². The first-order valence-corrected chi connectivity index (χ1v) is 7.18. The molecule has 0 aliphatic heterocycles. The van der Waals surface area contributed by atoms with E-state index in [2.05, 4.69) is 13.8 Å². The minimum absolute atomic E-state index is 0.0163. The molecular formula is C15H22ClNO2. The number of nitrogens with zero attached hydrogens (tertiary/aromatic N) is 1. The van der Waals surface area contributed by atoms with Crippen LogP contribution in [0.4, 0.5) is 0 Å². The molecule has 1 aromatic rings. The minimum Gasteiger partial charge on any atom is -0.507 e. The predicted octanol–water partition coefficient (Wildman–Crippen LogP) is 3.94. The topological polar surface area (TPSA) is 40.5 Å². The van der Waals surface area contributed by atoms with E-state index in [1.807, 2.05) is 6.92 Å². The van der Waals surface area contributed by atoms with Crippen molar-refractivity contribution in [3.63, 3.8) is 0 Å². The molecule has 1 amide bonds. The van der Waals surface area contributed by atoms with Gasteiger partial charge < -0.3 is 10.0 Å². The lowest BCUT2D eigenvalue weighted by Gasteiger charge is -2.25. The molecule has 0 aliphatic rings. The summed E-state index contributed by atoms with van der Waals surface area (Å²) in [6.07, 6.45) is 2.09. The molecule has 0 radical (unpaired) electrons. The van der Waals surface area contributed by atoms with Gasteiger partial charge in [0.1, 0.15) is 5.75 Å². The molecule has 4 heteroatoms. The van der Waals surface area contributed by atoms with Gasteiger partial charge in [0.05, 0.1) is 5.56 Å². The molecule has 106 valence electrons. The van der Waals surface area contributed by atoms with Crippen LogP contribution in [0.3, 0.4) is 0 Å². The third kappa shape index (κ3) is 4.13. The van der Waals surface area contributed by atoms with E-state index in [4.69, 9.17) is 11.6 Å². The van der Waals surface area contributed by atoms with E-state index >= 15 is 0 Å². The second-order valence-corrected chi connectivity index (χ2v) is 5.12. The highest BCUT2D eigenvalue weighted by Gasteiger charge is 2.20. The minimum atomic E-state index is -0.158. The number of carbonyl (C=O) groups excluding carboxylic acids is 1. The lowest BCUT2D eigenvalue weighted by molar-refractivity contribution is 0.0732. The zero-order valence-corrected chi connectivity index (χ0v) is 12.6. The molecule has 0 saturated heterocycles. The average Bonchev–Trinajstić information content (AvgIpc) is 2.42. The van der Waals surface area contributed by atoms with Crippen molar-refractivity contribution in [3.8, 4) is 5.75 Å². The lowest BCUT2D eigenvalue weighted by atomic mass is 10.0. The first-order valence-electron chi connectivity index (χ1n) is 6.81. The highest BCUT2D eigenvalue weighted by molar-refractivity contribution is 6.31. The number of hydrogen-bond donors (Lipinski definition) is 1. The Morgan fingerprint density at radius 1 is 1.32 bits per heavy atom. The Labute approximate surface area is 120 Å². The van der Waals surface area contributed by atoms with Gasteiger partial charge in [0.25, 0.3) is 5.91 Å². The van der Waals surface area contributed by atoms with Crippen LogP contribution in [-0.2, 0) is 0 Å². The molecule has 0 bridgehead atoms. The van der Waals surface area contributed by atoms with Crippen LogP contribution in [0.15, 0.2) is 18.2 Å². The van der Waals surface area contributed by atoms with Crippen molar-refractivity contribution in [3.05, 3.63) is 28.8 Å². The van der Waals surface area contributed by atoms with E-state index < -0.39 is 0 Å². The highest BCUT2D eigenvalue weighted by atomic mass is 35.5. The smallest absolute Gasteiger partial charge is 0.257 e. The third-order valence-electron chi connectivity index (χ3n) is 3.49. The van der Waals surface area contributed by atoms with Gasteiger partial charge in [-0.1, -0.05) is 38.3 Å². The summed E-state index contributed by atoms with van der Waals surface area (Å²) < 4.78 is 0. The van der Waals surface area contributed by atoms with Gasteiger partial charge in [0.15, 0.2) is 0 Å². The largest absolute Gasteiger partial charge is 0.507 e. The maximum atomic E-state index is 12.4. The Bertz CT molecular complexity index is 430. The van der Waals surface area contributed by atoms with Crippen LogP contribution in [0.2, 0.25) is 5.02 Å². The van der Waals surface area contributed by atoms with Crippen LogP contribution in [-0.4, -0.2) is 29.0 Å². The molecule has 0 spiro atoms. The second-order valence-electron chi connectivity index (χ2n) is 4.69. The summed E-state index contributed by atoms with van der Waals surface area (Å²) in [5.74, 6) is 0.317. The lowest BCUT2D eigenvalue weighted by Crippen LogP contribution is -2.35. The van der Waals surface area contributed by atoms with Gasteiger partial charge in [0.2, 0.25) is 0 Å². The summed E-state index contributed by atoms with van der Waals surface area (Å²) in [7, 11) is 0.